The lowest BCUT2D eigenvalue weighted by Gasteiger charge is -1.92. The molecule has 0 unspecified atom stereocenters. The van der Waals surface area contributed by atoms with Crippen LogP contribution in [0.5, 0.6) is 0 Å². The fourth-order valence-corrected chi connectivity index (χ4v) is 0.688. The largest absolute Gasteiger partial charge is 0.294 e. The normalized spacial score (nSPS) is 8.73. The summed E-state index contributed by atoms with van der Waals surface area (Å²) in [7, 11) is 0. The van der Waals surface area contributed by atoms with Gasteiger partial charge in [-0.05, 0) is 19.1 Å². The Labute approximate surface area is 65.3 Å². The van der Waals surface area contributed by atoms with Crippen LogP contribution in [0.3, 0.4) is 0 Å². The van der Waals surface area contributed by atoms with Crippen LogP contribution < -0.4 is 0 Å². The van der Waals surface area contributed by atoms with E-state index in [4.69, 9.17) is 6.42 Å². The Hall–Kier alpha value is -1.62. The average molecular weight is 145 g/mol. The molecule has 0 atom stereocenters. The van der Waals surface area contributed by atoms with Gasteiger partial charge in [-0.15, -0.1) is 6.42 Å². The van der Waals surface area contributed by atoms with E-state index >= 15 is 0 Å². The molecule has 0 spiro atoms. The fraction of sp³-hybridized carbons (Fsp3) is 0.111. The third kappa shape index (κ3) is 1.65. The molecule has 0 aliphatic carbocycles. The summed E-state index contributed by atoms with van der Waals surface area (Å²) in [6, 6.07) is 3.32. The lowest BCUT2D eigenvalue weighted by atomic mass is 10.2. The molecule has 0 aliphatic heterocycles. The second-order valence-electron chi connectivity index (χ2n) is 2.13. The number of hydrogen-bond donors (Lipinski definition) is 0. The third-order valence-corrected chi connectivity index (χ3v) is 1.32. The minimum Gasteiger partial charge on any atom is -0.294 e. The van der Waals surface area contributed by atoms with Crippen molar-refractivity contribution in [2.45, 2.75) is 6.92 Å². The van der Waals surface area contributed by atoms with E-state index in [0.717, 1.165) is 0 Å². The summed E-state index contributed by atoms with van der Waals surface area (Å²) in [5, 5.41) is 0. The summed E-state index contributed by atoms with van der Waals surface area (Å²) >= 11 is 0. The Morgan fingerprint density at radius 2 is 2.36 bits per heavy atom. The summed E-state index contributed by atoms with van der Waals surface area (Å²) in [5.41, 5.74) is 1.14. The van der Waals surface area contributed by atoms with Gasteiger partial charge in [-0.2, -0.15) is 0 Å². The predicted molar refractivity (Wildman–Crippen MR) is 42.2 cm³/mol. The van der Waals surface area contributed by atoms with Gasteiger partial charge in [-0.25, -0.2) is 4.98 Å². The first-order chi connectivity index (χ1) is 5.24. The Morgan fingerprint density at radius 1 is 1.64 bits per heavy atom. The maximum Gasteiger partial charge on any atom is 0.161 e. The molecule has 1 heterocycles. The fourth-order valence-electron chi connectivity index (χ4n) is 0.688. The number of rotatable bonds is 1. The van der Waals surface area contributed by atoms with Crippen LogP contribution >= 0.6 is 0 Å². The van der Waals surface area contributed by atoms with Crippen molar-refractivity contribution in [3.8, 4) is 12.3 Å². The van der Waals surface area contributed by atoms with Crippen LogP contribution in [-0.2, 0) is 0 Å². The monoisotopic (exact) mass is 145 g/mol. The molecule has 1 rings (SSSR count). The highest BCUT2D eigenvalue weighted by Crippen LogP contribution is 1.99. The predicted octanol–water partition coefficient (Wildman–Crippen LogP) is 1.27. The van der Waals surface area contributed by atoms with Gasteiger partial charge in [0.05, 0.1) is 0 Å². The van der Waals surface area contributed by atoms with Crippen molar-refractivity contribution in [2.75, 3.05) is 0 Å². The van der Waals surface area contributed by atoms with Gasteiger partial charge in [-0.1, -0.05) is 5.92 Å². The zero-order valence-electron chi connectivity index (χ0n) is 6.16. The van der Waals surface area contributed by atoms with E-state index in [1.165, 1.54) is 13.1 Å². The van der Waals surface area contributed by atoms with Gasteiger partial charge >= 0.3 is 0 Å². The van der Waals surface area contributed by atoms with E-state index < -0.39 is 0 Å². The Bertz CT molecular complexity index is 305. The molecule has 2 heteroatoms. The number of Topliss-reactive ketones (excluding diaryl/α,β-unsaturated/α-hetero) is 1. The smallest absolute Gasteiger partial charge is 0.161 e. The van der Waals surface area contributed by atoms with Gasteiger partial charge in [0, 0.05) is 11.8 Å². The number of carbonyl (C=O) groups is 1. The van der Waals surface area contributed by atoms with Crippen molar-refractivity contribution >= 4 is 5.78 Å². The van der Waals surface area contributed by atoms with E-state index in [0.29, 0.717) is 11.3 Å². The van der Waals surface area contributed by atoms with Gasteiger partial charge in [0.25, 0.3) is 0 Å². The highest BCUT2D eigenvalue weighted by molar-refractivity contribution is 5.93. The minimum absolute atomic E-state index is 0.000992. The molecule has 1 aromatic rings. The third-order valence-electron chi connectivity index (χ3n) is 1.32. The molecule has 11 heavy (non-hydrogen) atoms. The van der Waals surface area contributed by atoms with Crippen molar-refractivity contribution in [3.05, 3.63) is 29.6 Å². The molecule has 1 aromatic heterocycles. The second-order valence-corrected chi connectivity index (χ2v) is 2.13. The number of aromatic nitrogens is 1. The van der Waals surface area contributed by atoms with Crippen LogP contribution in [0, 0.1) is 12.3 Å². The molecule has 2 nitrogen and oxygen atoms in total. The van der Waals surface area contributed by atoms with Crippen molar-refractivity contribution < 1.29 is 4.79 Å². The van der Waals surface area contributed by atoms with Crippen molar-refractivity contribution in [3.63, 3.8) is 0 Å². The van der Waals surface area contributed by atoms with Crippen LogP contribution in [0.1, 0.15) is 23.0 Å². The van der Waals surface area contributed by atoms with Gasteiger partial charge in [0.15, 0.2) is 5.78 Å². The molecule has 0 bridgehead atoms. The quantitative estimate of drug-likeness (QED) is 0.440. The summed E-state index contributed by atoms with van der Waals surface area (Å²) in [6.45, 7) is 1.49. The van der Waals surface area contributed by atoms with E-state index in [2.05, 4.69) is 10.9 Å². The summed E-state index contributed by atoms with van der Waals surface area (Å²) in [5.74, 6) is 2.37. The topological polar surface area (TPSA) is 30.0 Å². The highest BCUT2D eigenvalue weighted by Gasteiger charge is 1.97. The van der Waals surface area contributed by atoms with Crippen LogP contribution in [-0.4, -0.2) is 10.8 Å². The number of nitrogens with zero attached hydrogens (tertiary/aromatic N) is 1. The first-order valence-electron chi connectivity index (χ1n) is 3.17. The zero-order chi connectivity index (χ0) is 8.27. The molecule has 0 saturated heterocycles. The molecular formula is C9H7NO. The average Bonchev–Trinajstić information content (AvgIpc) is 2.05. The van der Waals surface area contributed by atoms with E-state index in [1.54, 1.807) is 12.1 Å². The van der Waals surface area contributed by atoms with Gasteiger partial charge in [0.1, 0.15) is 5.69 Å². The van der Waals surface area contributed by atoms with Gasteiger partial charge < -0.3 is 0 Å². The number of terminal acetylenes is 1. The highest BCUT2D eigenvalue weighted by atomic mass is 16.1. The van der Waals surface area contributed by atoms with Crippen molar-refractivity contribution in [1.29, 1.82) is 0 Å². The summed E-state index contributed by atoms with van der Waals surface area (Å²) < 4.78 is 0. The van der Waals surface area contributed by atoms with Gasteiger partial charge in [-0.3, -0.25) is 4.79 Å². The standard InChI is InChI=1S/C9H7NO/c1-3-9-5-4-8(6-10-9)7(2)11/h1,4-6H,2H3. The molecule has 0 radical (unpaired) electrons. The van der Waals surface area contributed by atoms with Crippen molar-refractivity contribution in [2.24, 2.45) is 0 Å². The zero-order valence-corrected chi connectivity index (χ0v) is 6.16. The maximum absolute atomic E-state index is 10.8. The molecule has 0 fully saturated rings. The molecular weight excluding hydrogens is 138 g/mol. The summed E-state index contributed by atoms with van der Waals surface area (Å²) in [4.78, 5) is 14.6. The molecule has 0 N–H and O–H groups in total. The number of carbonyl (C=O) groups excluding carboxylic acids is 1. The van der Waals surface area contributed by atoms with Crippen LogP contribution in [0.2, 0.25) is 0 Å². The lowest BCUT2D eigenvalue weighted by molar-refractivity contribution is 0.101. The SMILES string of the molecule is C#Cc1ccc(C(C)=O)cn1. The Kier molecular flexibility index (Phi) is 2.03. The second kappa shape index (κ2) is 2.98. The molecule has 0 aromatic carbocycles. The molecule has 0 saturated carbocycles. The number of ketones is 1. The molecule has 0 aliphatic rings. The van der Waals surface area contributed by atoms with E-state index in [9.17, 15) is 4.79 Å². The van der Waals surface area contributed by atoms with Gasteiger partial charge in [0.2, 0.25) is 0 Å². The van der Waals surface area contributed by atoms with E-state index in [1.807, 2.05) is 0 Å². The van der Waals surface area contributed by atoms with Crippen LogP contribution in [0.15, 0.2) is 18.3 Å². The number of hydrogen-bond acceptors (Lipinski definition) is 2. The van der Waals surface area contributed by atoms with Crippen LogP contribution in [0.25, 0.3) is 0 Å². The Morgan fingerprint density at radius 3 is 2.73 bits per heavy atom. The maximum atomic E-state index is 10.8. The first-order valence-corrected chi connectivity index (χ1v) is 3.17. The summed E-state index contributed by atoms with van der Waals surface area (Å²) in [6.07, 6.45) is 6.56. The molecule has 54 valence electrons. The molecule has 0 amide bonds. The van der Waals surface area contributed by atoms with Crippen LogP contribution in [0.4, 0.5) is 0 Å². The minimum atomic E-state index is 0.000992. The van der Waals surface area contributed by atoms with Crippen molar-refractivity contribution in [1.82, 2.24) is 4.98 Å². The lowest BCUT2D eigenvalue weighted by Crippen LogP contribution is -1.93. The Balaban J connectivity index is 3.03. The number of pyridine rings is 1. The first kappa shape index (κ1) is 7.49. The van der Waals surface area contributed by atoms with E-state index in [-0.39, 0.29) is 5.78 Å².